The van der Waals surface area contributed by atoms with Gasteiger partial charge >= 0.3 is 0 Å². The number of aromatic nitrogens is 1. The second-order valence-electron chi connectivity index (χ2n) is 8.86. The van der Waals surface area contributed by atoms with Crippen LogP contribution in [0.3, 0.4) is 0 Å². The van der Waals surface area contributed by atoms with Crippen LogP contribution in [0.25, 0.3) is 0 Å². The molecule has 2 atom stereocenters. The summed E-state index contributed by atoms with van der Waals surface area (Å²) in [5.74, 6) is 0.618. The summed E-state index contributed by atoms with van der Waals surface area (Å²) in [6.07, 6.45) is 4.37. The molecule has 1 aromatic carbocycles. The smallest absolute Gasteiger partial charge is 0.254 e. The van der Waals surface area contributed by atoms with Gasteiger partial charge in [0.25, 0.3) is 5.91 Å². The zero-order valence-corrected chi connectivity index (χ0v) is 20.1. The molecule has 1 amide bonds. The molecule has 9 heteroatoms. The second kappa shape index (κ2) is 10.2. The number of hydrogen-bond acceptors (Lipinski definition) is 6. The Bertz CT molecular complexity index is 1040. The van der Waals surface area contributed by atoms with Crippen LogP contribution in [-0.4, -0.2) is 66.9 Å². The molecule has 178 valence electrons. The van der Waals surface area contributed by atoms with Crippen molar-refractivity contribution >= 4 is 21.7 Å². The molecule has 4 rings (SSSR count). The molecule has 33 heavy (non-hydrogen) atoms. The molecule has 0 saturated carbocycles. The Labute approximate surface area is 196 Å². The molecular formula is C24H32N4O4S. The van der Waals surface area contributed by atoms with Crippen LogP contribution in [0.4, 0.5) is 5.82 Å². The zero-order chi connectivity index (χ0) is 23.4. The normalized spacial score (nSPS) is 22.2. The molecule has 0 aliphatic carbocycles. The van der Waals surface area contributed by atoms with Crippen LogP contribution < -0.4 is 5.32 Å². The van der Waals surface area contributed by atoms with Gasteiger partial charge in [-0.05, 0) is 56.5 Å². The van der Waals surface area contributed by atoms with Gasteiger partial charge in [0.2, 0.25) is 10.0 Å². The van der Waals surface area contributed by atoms with Crippen molar-refractivity contribution in [2.45, 2.75) is 56.8 Å². The highest BCUT2D eigenvalue weighted by Gasteiger charge is 2.27. The first-order valence-electron chi connectivity index (χ1n) is 11.6. The Hall–Kier alpha value is -2.49. The summed E-state index contributed by atoms with van der Waals surface area (Å²) < 4.78 is 32.7. The highest BCUT2D eigenvalue weighted by molar-refractivity contribution is 7.89. The number of pyridine rings is 1. The molecule has 2 saturated heterocycles. The summed E-state index contributed by atoms with van der Waals surface area (Å²) in [5.41, 5.74) is 1.66. The van der Waals surface area contributed by atoms with Crippen molar-refractivity contribution < 1.29 is 17.9 Å². The Kier molecular flexibility index (Phi) is 7.31. The lowest BCUT2D eigenvalue weighted by atomic mass is 10.1. The maximum Gasteiger partial charge on any atom is 0.254 e. The summed E-state index contributed by atoms with van der Waals surface area (Å²) >= 11 is 0. The van der Waals surface area contributed by atoms with E-state index in [-0.39, 0.29) is 23.0 Å². The number of nitrogens with zero attached hydrogens (tertiary/aromatic N) is 3. The number of morpholine rings is 1. The molecule has 1 aromatic heterocycles. The lowest BCUT2D eigenvalue weighted by Crippen LogP contribution is -2.48. The number of carbonyl (C=O) groups is 1. The standard InChI is InChI=1S/C24H32N4O4S/c1-18-16-27(17-19(2)32-18)24(29)21-8-6-20(7-9-21)14-25-23-11-10-22(15-26-23)33(30,31)28-12-4-3-5-13-28/h6-11,15,18-19H,3-5,12-14,16-17H2,1-2H3,(H,25,26). The minimum absolute atomic E-state index is 0.0173. The number of rotatable bonds is 6. The third kappa shape index (κ3) is 5.72. The average Bonchev–Trinajstić information content (AvgIpc) is 2.83. The highest BCUT2D eigenvalue weighted by atomic mass is 32.2. The van der Waals surface area contributed by atoms with Crippen LogP contribution in [0.1, 0.15) is 49.0 Å². The average molecular weight is 473 g/mol. The molecule has 0 spiro atoms. The fraction of sp³-hybridized carbons (Fsp3) is 0.500. The summed E-state index contributed by atoms with van der Waals surface area (Å²) in [6, 6.07) is 10.8. The highest BCUT2D eigenvalue weighted by Crippen LogP contribution is 2.21. The fourth-order valence-electron chi connectivity index (χ4n) is 4.38. The molecule has 2 unspecified atom stereocenters. The van der Waals surface area contributed by atoms with Crippen LogP contribution in [0.15, 0.2) is 47.5 Å². The van der Waals surface area contributed by atoms with Crippen molar-refractivity contribution in [1.29, 1.82) is 0 Å². The first-order valence-corrected chi connectivity index (χ1v) is 13.0. The third-order valence-electron chi connectivity index (χ3n) is 6.07. The lowest BCUT2D eigenvalue weighted by Gasteiger charge is -2.35. The number of amides is 1. The van der Waals surface area contributed by atoms with Crippen molar-refractivity contribution in [1.82, 2.24) is 14.2 Å². The monoisotopic (exact) mass is 472 g/mol. The third-order valence-corrected chi connectivity index (χ3v) is 7.95. The van der Waals surface area contributed by atoms with Crippen LogP contribution in [0.2, 0.25) is 0 Å². The topological polar surface area (TPSA) is 91.8 Å². The van der Waals surface area contributed by atoms with E-state index in [1.54, 1.807) is 16.4 Å². The molecule has 1 N–H and O–H groups in total. The van der Waals surface area contributed by atoms with Crippen molar-refractivity contribution in [3.8, 4) is 0 Å². The Morgan fingerprint density at radius 2 is 1.70 bits per heavy atom. The number of nitrogens with one attached hydrogen (secondary N) is 1. The van der Waals surface area contributed by atoms with Crippen molar-refractivity contribution in [3.63, 3.8) is 0 Å². The molecule has 3 heterocycles. The summed E-state index contributed by atoms with van der Waals surface area (Å²) in [5, 5.41) is 3.21. The Morgan fingerprint density at radius 3 is 2.30 bits per heavy atom. The predicted molar refractivity (Wildman–Crippen MR) is 127 cm³/mol. The number of ether oxygens (including phenoxy) is 1. The van der Waals surface area contributed by atoms with E-state index < -0.39 is 10.0 Å². The lowest BCUT2D eigenvalue weighted by molar-refractivity contribution is -0.0586. The quantitative estimate of drug-likeness (QED) is 0.695. The van der Waals surface area contributed by atoms with Gasteiger partial charge in [0.05, 0.1) is 12.2 Å². The van der Waals surface area contributed by atoms with Crippen molar-refractivity contribution in [2.75, 3.05) is 31.5 Å². The number of anilines is 1. The van der Waals surface area contributed by atoms with Crippen molar-refractivity contribution in [2.24, 2.45) is 0 Å². The van der Waals surface area contributed by atoms with Gasteiger partial charge in [-0.2, -0.15) is 4.31 Å². The number of benzene rings is 1. The van der Waals surface area contributed by atoms with E-state index >= 15 is 0 Å². The van der Waals surface area contributed by atoms with Crippen LogP contribution >= 0.6 is 0 Å². The van der Waals surface area contributed by atoms with E-state index in [1.807, 2.05) is 43.0 Å². The fourth-order valence-corrected chi connectivity index (χ4v) is 5.84. The second-order valence-corrected chi connectivity index (χ2v) is 10.8. The maximum absolute atomic E-state index is 12.8. The van der Waals surface area contributed by atoms with Crippen LogP contribution in [0.5, 0.6) is 0 Å². The molecular weight excluding hydrogens is 440 g/mol. The molecule has 2 fully saturated rings. The van der Waals surface area contributed by atoms with Crippen LogP contribution in [-0.2, 0) is 21.3 Å². The molecule has 0 radical (unpaired) electrons. The number of sulfonamides is 1. The molecule has 8 nitrogen and oxygen atoms in total. The van der Waals surface area contributed by atoms with Gasteiger partial charge in [0.15, 0.2) is 0 Å². The van der Waals surface area contributed by atoms with Gasteiger partial charge < -0.3 is 15.0 Å². The number of hydrogen-bond donors (Lipinski definition) is 1. The van der Waals surface area contributed by atoms with Crippen molar-refractivity contribution in [3.05, 3.63) is 53.7 Å². The molecule has 2 aromatic rings. The van der Waals surface area contributed by atoms with Gasteiger partial charge in [-0.1, -0.05) is 18.6 Å². The SMILES string of the molecule is CC1CN(C(=O)c2ccc(CNc3ccc(S(=O)(=O)N4CCCCC4)cn3)cc2)CC(C)O1. The Balaban J connectivity index is 1.33. The van der Waals surface area contributed by atoms with E-state index in [4.69, 9.17) is 4.74 Å². The van der Waals surface area contributed by atoms with E-state index in [0.29, 0.717) is 44.1 Å². The number of piperidine rings is 1. The van der Waals surface area contributed by atoms with Gasteiger partial charge in [-0.25, -0.2) is 13.4 Å². The first kappa shape index (κ1) is 23.7. The van der Waals surface area contributed by atoms with Gasteiger partial charge in [0, 0.05) is 44.5 Å². The summed E-state index contributed by atoms with van der Waals surface area (Å²) in [4.78, 5) is 19.2. The zero-order valence-electron chi connectivity index (χ0n) is 19.2. The largest absolute Gasteiger partial charge is 0.372 e. The van der Waals surface area contributed by atoms with E-state index in [1.165, 1.54) is 6.20 Å². The van der Waals surface area contributed by atoms with Gasteiger partial charge in [-0.15, -0.1) is 0 Å². The number of carbonyl (C=O) groups excluding carboxylic acids is 1. The molecule has 0 bridgehead atoms. The van der Waals surface area contributed by atoms with Crippen LogP contribution in [0, 0.1) is 0 Å². The van der Waals surface area contributed by atoms with E-state index in [0.717, 1.165) is 24.8 Å². The molecule has 2 aliphatic rings. The minimum Gasteiger partial charge on any atom is -0.372 e. The maximum atomic E-state index is 12.8. The molecule has 2 aliphatic heterocycles. The van der Waals surface area contributed by atoms with E-state index in [2.05, 4.69) is 10.3 Å². The summed E-state index contributed by atoms with van der Waals surface area (Å²) in [6.45, 7) is 6.83. The van der Waals surface area contributed by atoms with Gasteiger partial charge in [0.1, 0.15) is 10.7 Å². The predicted octanol–water partition coefficient (Wildman–Crippen LogP) is 3.12. The Morgan fingerprint density at radius 1 is 1.03 bits per heavy atom. The van der Waals surface area contributed by atoms with Gasteiger partial charge in [-0.3, -0.25) is 4.79 Å². The first-order chi connectivity index (χ1) is 15.8. The van der Waals surface area contributed by atoms with E-state index in [9.17, 15) is 13.2 Å². The minimum atomic E-state index is -3.48. The summed E-state index contributed by atoms with van der Waals surface area (Å²) in [7, 11) is -3.48.